The van der Waals surface area contributed by atoms with Crippen LogP contribution in [0.5, 0.6) is 0 Å². The topological polar surface area (TPSA) is 85.4 Å². The third kappa shape index (κ3) is 3.14. The highest BCUT2D eigenvalue weighted by Crippen LogP contribution is 2.24. The molecule has 6 nitrogen and oxygen atoms in total. The lowest BCUT2D eigenvalue weighted by Crippen LogP contribution is -2.11. The van der Waals surface area contributed by atoms with E-state index in [2.05, 4.69) is 5.32 Å². The summed E-state index contributed by atoms with van der Waals surface area (Å²) in [6.07, 6.45) is 0. The van der Waals surface area contributed by atoms with Crippen LogP contribution in [0.1, 0.15) is 10.6 Å². The van der Waals surface area contributed by atoms with Crippen LogP contribution in [0.2, 0.25) is 0 Å². The van der Waals surface area contributed by atoms with Gasteiger partial charge in [-0.25, -0.2) is 0 Å². The van der Waals surface area contributed by atoms with Gasteiger partial charge in [-0.3, -0.25) is 14.9 Å². The summed E-state index contributed by atoms with van der Waals surface area (Å²) in [4.78, 5) is 22.0. The maximum Gasteiger partial charge on any atom is 0.306 e. The van der Waals surface area contributed by atoms with Gasteiger partial charge >= 0.3 is 5.69 Å². The van der Waals surface area contributed by atoms with Gasteiger partial charge in [-0.1, -0.05) is 30.3 Å². The Hall–Kier alpha value is -3.48. The number of nitro benzene ring substituents is 1. The Labute approximate surface area is 135 Å². The summed E-state index contributed by atoms with van der Waals surface area (Å²) in [5.41, 5.74) is 0.206. The highest BCUT2D eigenvalue weighted by atomic mass is 19.1. The van der Waals surface area contributed by atoms with Gasteiger partial charge in [-0.2, -0.15) is 4.39 Å². The van der Waals surface area contributed by atoms with Crippen molar-refractivity contribution in [3.05, 3.63) is 82.4 Å². The fraction of sp³-hybridized carbons (Fsp3) is 0. The van der Waals surface area contributed by atoms with E-state index < -0.39 is 22.3 Å². The first-order chi connectivity index (χ1) is 11.5. The Morgan fingerprint density at radius 2 is 1.83 bits per heavy atom. The smallest absolute Gasteiger partial charge is 0.306 e. The molecule has 2 aromatic carbocycles. The second-order valence-electron chi connectivity index (χ2n) is 4.91. The van der Waals surface area contributed by atoms with Gasteiger partial charge < -0.3 is 9.73 Å². The van der Waals surface area contributed by atoms with E-state index in [0.717, 1.165) is 17.7 Å². The zero-order chi connectivity index (χ0) is 17.1. The molecular formula is C17H11FN2O4. The first-order valence-electron chi connectivity index (χ1n) is 6.95. The summed E-state index contributed by atoms with van der Waals surface area (Å²) in [7, 11) is 0. The number of carbonyl (C=O) groups excluding carboxylic acids is 1. The SMILES string of the molecule is O=C(Nc1ccc(F)c([N+](=O)[O-])c1)c1ccc(-c2ccccc2)o1. The van der Waals surface area contributed by atoms with E-state index in [9.17, 15) is 19.3 Å². The van der Waals surface area contributed by atoms with E-state index >= 15 is 0 Å². The van der Waals surface area contributed by atoms with Gasteiger partial charge in [-0.05, 0) is 24.3 Å². The number of nitrogens with zero attached hydrogens (tertiary/aromatic N) is 1. The molecule has 0 aliphatic heterocycles. The number of amides is 1. The highest BCUT2D eigenvalue weighted by Gasteiger charge is 2.17. The zero-order valence-corrected chi connectivity index (χ0v) is 12.2. The van der Waals surface area contributed by atoms with Crippen molar-refractivity contribution in [2.45, 2.75) is 0 Å². The third-order valence-electron chi connectivity index (χ3n) is 3.29. The van der Waals surface area contributed by atoms with Crippen LogP contribution in [0.25, 0.3) is 11.3 Å². The van der Waals surface area contributed by atoms with Crippen molar-refractivity contribution in [2.75, 3.05) is 5.32 Å². The molecule has 0 saturated heterocycles. The minimum absolute atomic E-state index is 0.0424. The number of nitrogens with one attached hydrogen (secondary N) is 1. The summed E-state index contributed by atoms with van der Waals surface area (Å²) < 4.78 is 18.8. The molecule has 3 aromatic rings. The summed E-state index contributed by atoms with van der Waals surface area (Å²) >= 11 is 0. The molecule has 3 rings (SSSR count). The van der Waals surface area contributed by atoms with Crippen LogP contribution < -0.4 is 5.32 Å². The number of furan rings is 1. The molecule has 0 fully saturated rings. The second kappa shape index (κ2) is 6.33. The number of halogens is 1. The van der Waals surface area contributed by atoms with Crippen LogP contribution in [-0.4, -0.2) is 10.8 Å². The van der Waals surface area contributed by atoms with E-state index in [1.807, 2.05) is 30.3 Å². The maximum absolute atomic E-state index is 13.3. The summed E-state index contributed by atoms with van der Waals surface area (Å²) in [6.45, 7) is 0. The number of hydrogen-bond acceptors (Lipinski definition) is 4. The number of hydrogen-bond donors (Lipinski definition) is 1. The largest absolute Gasteiger partial charge is 0.451 e. The van der Waals surface area contributed by atoms with E-state index in [-0.39, 0.29) is 11.4 Å². The molecule has 1 amide bonds. The van der Waals surface area contributed by atoms with Crippen molar-refractivity contribution in [3.63, 3.8) is 0 Å². The molecule has 7 heteroatoms. The summed E-state index contributed by atoms with van der Waals surface area (Å²) in [5.74, 6) is -0.993. The molecular weight excluding hydrogens is 315 g/mol. The second-order valence-corrected chi connectivity index (χ2v) is 4.91. The number of nitro groups is 1. The highest BCUT2D eigenvalue weighted by molar-refractivity contribution is 6.02. The lowest BCUT2D eigenvalue weighted by Gasteiger charge is -2.03. The quantitative estimate of drug-likeness (QED) is 0.574. The van der Waals surface area contributed by atoms with E-state index in [1.165, 1.54) is 12.1 Å². The number of carbonyl (C=O) groups is 1. The number of benzene rings is 2. The fourth-order valence-corrected chi connectivity index (χ4v) is 2.14. The molecule has 0 atom stereocenters. The molecule has 24 heavy (non-hydrogen) atoms. The lowest BCUT2D eigenvalue weighted by molar-refractivity contribution is -0.387. The Morgan fingerprint density at radius 3 is 2.54 bits per heavy atom. The summed E-state index contributed by atoms with van der Waals surface area (Å²) in [5, 5.41) is 13.2. The fourth-order valence-electron chi connectivity index (χ4n) is 2.14. The molecule has 0 aliphatic rings. The minimum atomic E-state index is -0.970. The molecule has 1 aromatic heterocycles. The van der Waals surface area contributed by atoms with Crippen LogP contribution in [0.4, 0.5) is 15.8 Å². The molecule has 120 valence electrons. The first-order valence-corrected chi connectivity index (χ1v) is 6.95. The predicted octanol–water partition coefficient (Wildman–Crippen LogP) is 4.25. The van der Waals surface area contributed by atoms with Gasteiger partial charge in [-0.15, -0.1) is 0 Å². The van der Waals surface area contributed by atoms with Crippen molar-refractivity contribution in [2.24, 2.45) is 0 Å². The minimum Gasteiger partial charge on any atom is -0.451 e. The average molecular weight is 326 g/mol. The van der Waals surface area contributed by atoms with Gasteiger partial charge in [0, 0.05) is 17.3 Å². The van der Waals surface area contributed by atoms with Crippen LogP contribution in [0.3, 0.4) is 0 Å². The predicted molar refractivity (Wildman–Crippen MR) is 85.2 cm³/mol. The maximum atomic E-state index is 13.3. The monoisotopic (exact) mass is 326 g/mol. The molecule has 1 N–H and O–H groups in total. The molecule has 0 bridgehead atoms. The summed E-state index contributed by atoms with van der Waals surface area (Å²) in [6, 6.07) is 15.5. The van der Waals surface area contributed by atoms with E-state index in [4.69, 9.17) is 4.42 Å². The van der Waals surface area contributed by atoms with Gasteiger partial charge in [0.2, 0.25) is 5.82 Å². The van der Waals surface area contributed by atoms with Gasteiger partial charge in [0.05, 0.1) is 4.92 Å². The molecule has 0 spiro atoms. The Morgan fingerprint density at radius 1 is 1.08 bits per heavy atom. The van der Waals surface area contributed by atoms with Gasteiger partial charge in [0.1, 0.15) is 5.76 Å². The average Bonchev–Trinajstić information content (AvgIpc) is 3.07. The standard InChI is InChI=1S/C17H11FN2O4/c18-13-7-6-12(10-14(13)20(22)23)19-17(21)16-9-8-15(24-16)11-4-2-1-3-5-11/h1-10H,(H,19,21). The van der Waals surface area contributed by atoms with E-state index in [1.54, 1.807) is 6.07 Å². The zero-order valence-electron chi connectivity index (χ0n) is 12.2. The Bertz CT molecular complexity index is 906. The number of rotatable bonds is 4. The third-order valence-corrected chi connectivity index (χ3v) is 3.29. The van der Waals surface area contributed by atoms with Crippen LogP contribution in [-0.2, 0) is 0 Å². The van der Waals surface area contributed by atoms with Crippen molar-refractivity contribution < 1.29 is 18.5 Å². The molecule has 0 radical (unpaired) electrons. The van der Waals surface area contributed by atoms with Crippen molar-refractivity contribution in [1.82, 2.24) is 0 Å². The van der Waals surface area contributed by atoms with Crippen LogP contribution in [0.15, 0.2) is 65.1 Å². The lowest BCUT2D eigenvalue weighted by atomic mass is 10.2. The Kier molecular flexibility index (Phi) is 4.07. The molecule has 0 saturated carbocycles. The number of anilines is 1. The van der Waals surface area contributed by atoms with Gasteiger partial charge in [0.25, 0.3) is 5.91 Å². The molecule has 1 heterocycles. The van der Waals surface area contributed by atoms with Crippen molar-refractivity contribution >= 4 is 17.3 Å². The van der Waals surface area contributed by atoms with Gasteiger partial charge in [0.15, 0.2) is 5.76 Å². The van der Waals surface area contributed by atoms with Crippen molar-refractivity contribution in [3.8, 4) is 11.3 Å². The normalized spacial score (nSPS) is 10.4. The Balaban J connectivity index is 1.80. The van der Waals surface area contributed by atoms with Crippen LogP contribution in [0, 0.1) is 15.9 Å². The first kappa shape index (κ1) is 15.4. The van der Waals surface area contributed by atoms with Crippen molar-refractivity contribution in [1.29, 1.82) is 0 Å². The van der Waals surface area contributed by atoms with E-state index in [0.29, 0.717) is 5.76 Å². The molecule has 0 unspecified atom stereocenters. The van der Waals surface area contributed by atoms with Crippen LogP contribution >= 0.6 is 0 Å². The molecule has 0 aliphatic carbocycles.